The minimum Gasteiger partial charge on any atom is -0.351 e. The van der Waals surface area contributed by atoms with Gasteiger partial charge in [-0.3, -0.25) is 9.69 Å². The van der Waals surface area contributed by atoms with Crippen molar-refractivity contribution in [1.82, 2.24) is 19.6 Å². The van der Waals surface area contributed by atoms with Crippen molar-refractivity contribution in [3.8, 4) is 0 Å². The second-order valence-corrected chi connectivity index (χ2v) is 8.12. The zero-order chi connectivity index (χ0) is 21.6. The van der Waals surface area contributed by atoms with Crippen molar-refractivity contribution in [2.45, 2.75) is 6.42 Å². The van der Waals surface area contributed by atoms with Gasteiger partial charge in [-0.2, -0.15) is 4.37 Å². The van der Waals surface area contributed by atoms with Crippen LogP contribution >= 0.6 is 11.5 Å². The van der Waals surface area contributed by atoms with Gasteiger partial charge in [0.2, 0.25) is 5.13 Å². The van der Waals surface area contributed by atoms with Gasteiger partial charge in [0.25, 0.3) is 5.91 Å². The largest absolute Gasteiger partial charge is 0.351 e. The summed E-state index contributed by atoms with van der Waals surface area (Å²) in [5.41, 5.74) is 1.31. The molecule has 6 nitrogen and oxygen atoms in total. The Morgan fingerprint density at radius 2 is 1.81 bits per heavy atom. The Labute approximate surface area is 183 Å². The number of carbonyl (C=O) groups is 1. The zero-order valence-electron chi connectivity index (χ0n) is 16.9. The second kappa shape index (κ2) is 9.93. The minimum atomic E-state index is -0.415. The molecule has 2 heterocycles. The van der Waals surface area contributed by atoms with Gasteiger partial charge in [-0.05, 0) is 35.9 Å². The molecule has 2 aromatic carbocycles. The van der Waals surface area contributed by atoms with Crippen LogP contribution in [0.4, 0.5) is 13.9 Å². The molecule has 1 aromatic heterocycles. The number of aromatic nitrogens is 2. The van der Waals surface area contributed by atoms with Crippen LogP contribution in [-0.4, -0.2) is 59.4 Å². The molecule has 1 N–H and O–H groups in total. The van der Waals surface area contributed by atoms with Gasteiger partial charge in [-0.25, -0.2) is 13.8 Å². The van der Waals surface area contributed by atoms with Crippen LogP contribution in [0.2, 0.25) is 0 Å². The predicted molar refractivity (Wildman–Crippen MR) is 117 cm³/mol. The van der Waals surface area contributed by atoms with Gasteiger partial charge in [0.15, 0.2) is 0 Å². The van der Waals surface area contributed by atoms with Crippen LogP contribution in [-0.2, 0) is 6.42 Å². The fourth-order valence-electron chi connectivity index (χ4n) is 3.45. The van der Waals surface area contributed by atoms with E-state index in [0.29, 0.717) is 18.5 Å². The molecule has 0 spiro atoms. The normalized spacial score (nSPS) is 14.6. The zero-order valence-corrected chi connectivity index (χ0v) is 17.7. The molecule has 0 bridgehead atoms. The van der Waals surface area contributed by atoms with Crippen molar-refractivity contribution in [2.75, 3.05) is 44.2 Å². The molecule has 0 unspecified atom stereocenters. The molecule has 0 atom stereocenters. The number of nitrogens with one attached hydrogen (secondary N) is 1. The molecular weight excluding hydrogens is 420 g/mol. The Kier molecular flexibility index (Phi) is 6.83. The first-order valence-electron chi connectivity index (χ1n) is 10.1. The molecule has 9 heteroatoms. The molecule has 3 aromatic rings. The third kappa shape index (κ3) is 5.83. The second-order valence-electron chi connectivity index (χ2n) is 7.39. The SMILES string of the molecule is O=C(NCCN1CCN(c2nc(Cc3ccc(F)cc3)ns2)CC1)c1cccc(F)c1. The Bertz CT molecular complexity index is 1020. The first-order chi connectivity index (χ1) is 15.1. The Balaban J connectivity index is 1.20. The van der Waals surface area contributed by atoms with Crippen LogP contribution < -0.4 is 10.2 Å². The highest BCUT2D eigenvalue weighted by molar-refractivity contribution is 7.09. The maximum Gasteiger partial charge on any atom is 0.251 e. The van der Waals surface area contributed by atoms with E-state index in [9.17, 15) is 13.6 Å². The molecule has 1 saturated heterocycles. The molecule has 31 heavy (non-hydrogen) atoms. The Morgan fingerprint density at radius 1 is 1.03 bits per heavy atom. The summed E-state index contributed by atoms with van der Waals surface area (Å²) in [4.78, 5) is 21.2. The average Bonchev–Trinajstić information content (AvgIpc) is 3.24. The van der Waals surface area contributed by atoms with Gasteiger partial charge in [0.1, 0.15) is 17.5 Å². The number of amides is 1. The number of benzene rings is 2. The summed E-state index contributed by atoms with van der Waals surface area (Å²) in [6.07, 6.45) is 0.585. The highest BCUT2D eigenvalue weighted by atomic mass is 32.1. The van der Waals surface area contributed by atoms with Crippen LogP contribution in [0.3, 0.4) is 0 Å². The van der Waals surface area contributed by atoms with Crippen LogP contribution in [0.1, 0.15) is 21.7 Å². The summed E-state index contributed by atoms with van der Waals surface area (Å²) in [5, 5.41) is 3.74. The number of rotatable bonds is 7. The van der Waals surface area contributed by atoms with Crippen molar-refractivity contribution in [3.05, 3.63) is 77.1 Å². The van der Waals surface area contributed by atoms with E-state index in [2.05, 4.69) is 24.5 Å². The lowest BCUT2D eigenvalue weighted by atomic mass is 10.1. The van der Waals surface area contributed by atoms with Crippen LogP contribution in [0, 0.1) is 11.6 Å². The number of hydrogen-bond acceptors (Lipinski definition) is 6. The van der Waals surface area contributed by atoms with E-state index >= 15 is 0 Å². The molecule has 1 aliphatic heterocycles. The quantitative estimate of drug-likeness (QED) is 0.609. The fraction of sp³-hybridized carbons (Fsp3) is 0.318. The number of hydrogen-bond donors (Lipinski definition) is 1. The Hall–Kier alpha value is -2.91. The lowest BCUT2D eigenvalue weighted by Crippen LogP contribution is -2.48. The molecular formula is C22H23F2N5OS. The van der Waals surface area contributed by atoms with E-state index in [1.165, 1.54) is 41.9 Å². The van der Waals surface area contributed by atoms with Crippen molar-refractivity contribution in [3.63, 3.8) is 0 Å². The molecule has 4 rings (SSSR count). The molecule has 0 radical (unpaired) electrons. The molecule has 1 fully saturated rings. The molecule has 162 valence electrons. The van der Waals surface area contributed by atoms with E-state index in [-0.39, 0.29) is 11.7 Å². The topological polar surface area (TPSA) is 61.4 Å². The highest BCUT2D eigenvalue weighted by Gasteiger charge is 2.20. The van der Waals surface area contributed by atoms with Gasteiger partial charge < -0.3 is 10.2 Å². The van der Waals surface area contributed by atoms with Crippen molar-refractivity contribution >= 4 is 22.6 Å². The summed E-state index contributed by atoms with van der Waals surface area (Å²) < 4.78 is 30.7. The molecule has 0 aliphatic carbocycles. The lowest BCUT2D eigenvalue weighted by molar-refractivity contribution is 0.0947. The molecule has 1 aliphatic rings. The number of nitrogens with zero attached hydrogens (tertiary/aromatic N) is 4. The first kappa shape index (κ1) is 21.3. The minimum absolute atomic E-state index is 0.248. The van der Waals surface area contributed by atoms with Crippen molar-refractivity contribution in [1.29, 1.82) is 0 Å². The molecule has 0 saturated carbocycles. The smallest absolute Gasteiger partial charge is 0.251 e. The maximum atomic E-state index is 13.2. The standard InChI is InChI=1S/C22H23F2N5OS/c23-18-6-4-16(5-7-18)14-20-26-22(31-27-20)29-12-10-28(11-13-29)9-8-25-21(30)17-2-1-3-19(24)15-17/h1-7,15H,8-14H2,(H,25,30). The first-order valence-corrected chi connectivity index (χ1v) is 10.9. The van der Waals surface area contributed by atoms with Gasteiger partial charge in [0.05, 0.1) is 0 Å². The monoisotopic (exact) mass is 443 g/mol. The van der Waals surface area contributed by atoms with Crippen LogP contribution in [0.15, 0.2) is 48.5 Å². The number of piperazine rings is 1. The predicted octanol–water partition coefficient (Wildman–Crippen LogP) is 2.96. The summed E-state index contributed by atoms with van der Waals surface area (Å²) >= 11 is 1.38. The fourth-order valence-corrected chi connectivity index (χ4v) is 4.19. The van der Waals surface area contributed by atoms with Gasteiger partial charge in [0, 0.05) is 62.8 Å². The van der Waals surface area contributed by atoms with E-state index in [1.54, 1.807) is 18.2 Å². The number of anilines is 1. The Morgan fingerprint density at radius 3 is 2.55 bits per heavy atom. The van der Waals surface area contributed by atoms with E-state index in [1.807, 2.05) is 0 Å². The maximum absolute atomic E-state index is 13.2. The van der Waals surface area contributed by atoms with Crippen LogP contribution in [0.25, 0.3) is 0 Å². The summed E-state index contributed by atoms with van der Waals surface area (Å²) in [6, 6.07) is 12.1. The van der Waals surface area contributed by atoms with E-state index in [4.69, 9.17) is 0 Å². The number of halogens is 2. The van der Waals surface area contributed by atoms with E-state index < -0.39 is 5.82 Å². The summed E-state index contributed by atoms with van der Waals surface area (Å²) in [7, 11) is 0. The number of carbonyl (C=O) groups excluding carboxylic acids is 1. The molecule has 1 amide bonds. The summed E-state index contributed by atoms with van der Waals surface area (Å²) in [6.45, 7) is 4.65. The van der Waals surface area contributed by atoms with Gasteiger partial charge in [-0.15, -0.1) is 0 Å². The average molecular weight is 444 g/mol. The van der Waals surface area contributed by atoms with Gasteiger partial charge in [-0.1, -0.05) is 18.2 Å². The van der Waals surface area contributed by atoms with E-state index in [0.717, 1.165) is 49.2 Å². The third-order valence-corrected chi connectivity index (χ3v) is 5.99. The van der Waals surface area contributed by atoms with Crippen molar-refractivity contribution < 1.29 is 13.6 Å². The van der Waals surface area contributed by atoms with Gasteiger partial charge >= 0.3 is 0 Å². The lowest BCUT2D eigenvalue weighted by Gasteiger charge is -2.34. The van der Waals surface area contributed by atoms with Crippen LogP contribution in [0.5, 0.6) is 0 Å². The highest BCUT2D eigenvalue weighted by Crippen LogP contribution is 2.20. The third-order valence-electron chi connectivity index (χ3n) is 5.18. The summed E-state index contributed by atoms with van der Waals surface area (Å²) in [5.74, 6) is -0.182. The van der Waals surface area contributed by atoms with Crippen molar-refractivity contribution in [2.24, 2.45) is 0 Å².